The molecule has 0 aliphatic rings. The number of thiol groups is 1. The van der Waals surface area contributed by atoms with Gasteiger partial charge in [-0.2, -0.15) is 25.8 Å². The summed E-state index contributed by atoms with van der Waals surface area (Å²) in [5, 5.41) is 31.4. The van der Waals surface area contributed by atoms with Crippen molar-refractivity contribution in [3.8, 4) is 0 Å². The fourth-order valence-electron chi connectivity index (χ4n) is 2.04. The van der Waals surface area contributed by atoms with Crippen LogP contribution in [-0.4, -0.2) is 100 Å². The van der Waals surface area contributed by atoms with Crippen LogP contribution in [0.5, 0.6) is 0 Å². The van der Waals surface area contributed by atoms with Crippen molar-refractivity contribution in [3.63, 3.8) is 0 Å². The van der Waals surface area contributed by atoms with E-state index in [1.165, 1.54) is 0 Å². The number of carboxylic acids is 3. The zero-order valence-corrected chi connectivity index (χ0v) is 19.9. The number of halogens is 3. The first-order chi connectivity index (χ1) is 16.9. The number of nitrogens with zero attached hydrogens (tertiary/aromatic N) is 1. The van der Waals surface area contributed by atoms with Crippen molar-refractivity contribution in [2.24, 2.45) is 22.2 Å². The summed E-state index contributed by atoms with van der Waals surface area (Å²) in [6.45, 7) is -0.293. The molecule has 220 valence electrons. The summed E-state index contributed by atoms with van der Waals surface area (Å²) in [7, 11) is 0. The number of nitrogens with two attached hydrogens (primary N) is 3. The monoisotopic (exact) mass is 579 g/mol. The fourth-order valence-corrected chi connectivity index (χ4v) is 2.28. The molecule has 0 saturated carbocycles. The molecule has 16 nitrogen and oxygen atoms in total. The van der Waals surface area contributed by atoms with E-state index < -0.39 is 72.9 Å². The topological polar surface area (TPSA) is 290 Å². The molecule has 0 aromatic carbocycles. The van der Waals surface area contributed by atoms with Gasteiger partial charge in [-0.1, -0.05) is 7.43 Å². The minimum atomic E-state index is -5.08. The van der Waals surface area contributed by atoms with Crippen molar-refractivity contribution in [1.82, 2.24) is 16.0 Å². The number of guanidine groups is 1. The molecule has 0 aliphatic carbocycles. The lowest BCUT2D eigenvalue weighted by Gasteiger charge is -2.20. The van der Waals surface area contributed by atoms with E-state index in [4.69, 9.17) is 37.3 Å². The summed E-state index contributed by atoms with van der Waals surface area (Å²) in [4.78, 5) is 70.5. The summed E-state index contributed by atoms with van der Waals surface area (Å²) in [5.74, 6) is -8.40. The predicted octanol–water partition coefficient (Wildman–Crippen LogP) is -2.79. The number of alkyl halides is 3. The van der Waals surface area contributed by atoms with Crippen molar-refractivity contribution in [3.05, 3.63) is 0 Å². The molecule has 0 spiro atoms. The van der Waals surface area contributed by atoms with Gasteiger partial charge in [-0.25, -0.2) is 9.59 Å². The number of hydrogen-bond acceptors (Lipinski definition) is 9. The molecular formula is C18H32F3N7O9S. The van der Waals surface area contributed by atoms with Crippen LogP contribution < -0.4 is 33.2 Å². The van der Waals surface area contributed by atoms with Gasteiger partial charge in [0.25, 0.3) is 0 Å². The van der Waals surface area contributed by atoms with E-state index in [-0.39, 0.29) is 32.1 Å². The molecule has 0 aromatic heterocycles. The van der Waals surface area contributed by atoms with Crippen molar-refractivity contribution in [2.75, 3.05) is 18.8 Å². The molecule has 0 heterocycles. The lowest BCUT2D eigenvalue weighted by molar-refractivity contribution is -0.192. The molecule has 0 saturated heterocycles. The third-order valence-corrected chi connectivity index (χ3v) is 4.16. The minimum Gasteiger partial charge on any atom is -0.481 e. The van der Waals surface area contributed by atoms with Gasteiger partial charge in [-0.05, 0) is 12.8 Å². The fraction of sp³-hybridized carbons (Fsp3) is 0.611. The van der Waals surface area contributed by atoms with Gasteiger partial charge in [0.05, 0.1) is 19.0 Å². The number of nitrogens with one attached hydrogen (secondary N) is 3. The van der Waals surface area contributed by atoms with Crippen LogP contribution in [0.3, 0.4) is 0 Å². The van der Waals surface area contributed by atoms with Crippen LogP contribution in [0.1, 0.15) is 26.7 Å². The Kier molecular flexibility index (Phi) is 19.7. The van der Waals surface area contributed by atoms with E-state index in [2.05, 4.69) is 33.6 Å². The molecule has 0 bridgehead atoms. The number of rotatable bonds is 14. The van der Waals surface area contributed by atoms with E-state index in [9.17, 15) is 37.1 Å². The maximum absolute atomic E-state index is 12.1. The number of amides is 3. The first-order valence-corrected chi connectivity index (χ1v) is 10.6. The maximum atomic E-state index is 12.1. The highest BCUT2D eigenvalue weighted by molar-refractivity contribution is 7.80. The average molecular weight is 580 g/mol. The summed E-state index contributed by atoms with van der Waals surface area (Å²) >= 11 is 3.78. The molecule has 3 amide bonds. The van der Waals surface area contributed by atoms with Crippen LogP contribution in [0.4, 0.5) is 13.2 Å². The maximum Gasteiger partial charge on any atom is 0.490 e. The van der Waals surface area contributed by atoms with Crippen LogP contribution in [-0.2, 0) is 28.8 Å². The summed E-state index contributed by atoms with van der Waals surface area (Å²) in [6.07, 6.45) is -5.21. The smallest absolute Gasteiger partial charge is 0.481 e. The van der Waals surface area contributed by atoms with Gasteiger partial charge in [0.15, 0.2) is 5.96 Å². The van der Waals surface area contributed by atoms with E-state index in [1.54, 1.807) is 0 Å². The molecule has 0 aromatic rings. The van der Waals surface area contributed by atoms with Gasteiger partial charge >= 0.3 is 24.1 Å². The van der Waals surface area contributed by atoms with Crippen LogP contribution in [0.25, 0.3) is 0 Å². The lowest BCUT2D eigenvalue weighted by atomic mass is 10.1. The molecule has 0 aliphatic heterocycles. The number of aliphatic imine (C=N–C) groups is 1. The Balaban J connectivity index is -0.00000134. The Hall–Kier alpha value is -3.81. The first kappa shape index (κ1) is 38.7. The van der Waals surface area contributed by atoms with Crippen LogP contribution in [0, 0.1) is 0 Å². The molecule has 0 radical (unpaired) electrons. The Morgan fingerprint density at radius 1 is 0.947 bits per heavy atom. The second-order valence-corrected chi connectivity index (χ2v) is 7.24. The van der Waals surface area contributed by atoms with Gasteiger partial charge in [0.1, 0.15) is 12.1 Å². The van der Waals surface area contributed by atoms with E-state index in [1.807, 2.05) is 0 Å². The van der Waals surface area contributed by atoms with E-state index in [0.717, 1.165) is 0 Å². The van der Waals surface area contributed by atoms with Gasteiger partial charge in [0.2, 0.25) is 17.7 Å². The SMILES string of the molecule is C.NC(N)=NCCC[C@H](N)C(=O)NCC(=O)N[C@@H](CC(=O)O)C(=O)N[C@@H](CS)C(=O)O.O=C(O)C(F)(F)F. The number of hydrogen-bond donors (Lipinski definition) is 10. The van der Waals surface area contributed by atoms with Crippen LogP contribution in [0.2, 0.25) is 0 Å². The quantitative estimate of drug-likeness (QED) is 0.0432. The number of carbonyl (C=O) groups is 6. The van der Waals surface area contributed by atoms with Gasteiger partial charge in [-0.15, -0.1) is 0 Å². The van der Waals surface area contributed by atoms with Crippen molar-refractivity contribution < 1.29 is 57.3 Å². The predicted molar refractivity (Wildman–Crippen MR) is 129 cm³/mol. The standard InChI is InChI=1S/C15H27N7O7S.C2HF3O2.CH4/c16-7(2-1-3-19-15(17)18)12(26)20-5-10(23)21-8(4-11(24)25)13(27)22-9(6-30)14(28)29;3-2(4,5)1(6)7;/h7-9,30H,1-6,16H2,(H,20,26)(H,21,23)(H,22,27)(H,24,25)(H,28,29)(H4,17,18,19);(H,6,7);1H4/t7-,8-,9-;;/m0../s1. The van der Waals surface area contributed by atoms with Crippen molar-refractivity contribution in [1.29, 1.82) is 0 Å². The summed E-state index contributed by atoms with van der Waals surface area (Å²) < 4.78 is 31.7. The lowest BCUT2D eigenvalue weighted by Crippen LogP contribution is -2.54. The van der Waals surface area contributed by atoms with Crippen molar-refractivity contribution >= 4 is 54.2 Å². The number of carbonyl (C=O) groups excluding carboxylic acids is 3. The normalized spacial score (nSPS) is 12.6. The summed E-state index contributed by atoms with van der Waals surface area (Å²) in [6, 6.07) is -3.86. The molecule has 0 rings (SSSR count). The second kappa shape index (κ2) is 19.3. The average Bonchev–Trinajstić information content (AvgIpc) is 2.76. The summed E-state index contributed by atoms with van der Waals surface area (Å²) in [5.41, 5.74) is 16.0. The van der Waals surface area contributed by atoms with Gasteiger partial charge in [0, 0.05) is 12.3 Å². The highest BCUT2D eigenvalue weighted by Gasteiger charge is 2.38. The van der Waals surface area contributed by atoms with E-state index >= 15 is 0 Å². The van der Waals surface area contributed by atoms with Crippen LogP contribution in [0.15, 0.2) is 4.99 Å². The minimum absolute atomic E-state index is 0. The van der Waals surface area contributed by atoms with Crippen LogP contribution >= 0.6 is 12.6 Å². The number of aliphatic carboxylic acids is 3. The van der Waals surface area contributed by atoms with Gasteiger partial charge in [-0.3, -0.25) is 24.2 Å². The molecule has 3 atom stereocenters. The van der Waals surface area contributed by atoms with Gasteiger partial charge < -0.3 is 48.5 Å². The molecule has 12 N–H and O–H groups in total. The molecule has 0 unspecified atom stereocenters. The molecule has 0 fully saturated rings. The molecule has 20 heteroatoms. The zero-order chi connectivity index (χ0) is 29.3. The Morgan fingerprint density at radius 3 is 1.87 bits per heavy atom. The third-order valence-electron chi connectivity index (χ3n) is 3.80. The highest BCUT2D eigenvalue weighted by Crippen LogP contribution is 2.13. The molecular weight excluding hydrogens is 547 g/mol. The molecule has 38 heavy (non-hydrogen) atoms. The van der Waals surface area contributed by atoms with E-state index in [0.29, 0.717) is 6.42 Å². The Bertz CT molecular complexity index is 856. The Morgan fingerprint density at radius 2 is 1.47 bits per heavy atom. The Labute approximate surface area is 220 Å². The zero-order valence-electron chi connectivity index (χ0n) is 19.0. The number of carboxylic acid groups (broad SMARTS) is 3. The first-order valence-electron chi connectivity index (χ1n) is 9.96. The highest BCUT2D eigenvalue weighted by atomic mass is 32.1. The second-order valence-electron chi connectivity index (χ2n) is 6.88. The third kappa shape index (κ3) is 19.4. The van der Waals surface area contributed by atoms with Crippen molar-refractivity contribution in [2.45, 2.75) is 51.0 Å². The largest absolute Gasteiger partial charge is 0.490 e.